The molecule has 0 aliphatic heterocycles. The molecule has 0 unspecified atom stereocenters. The maximum Gasteiger partial charge on any atom is 0.389 e. The number of hydrogen-bond donors (Lipinski definition) is 2. The van der Waals surface area contributed by atoms with Crippen LogP contribution in [0, 0.1) is 17.0 Å². The van der Waals surface area contributed by atoms with Gasteiger partial charge in [0.05, 0.1) is 40.5 Å². The highest BCUT2D eigenvalue weighted by Gasteiger charge is 2.26. The van der Waals surface area contributed by atoms with Crippen LogP contribution in [0.2, 0.25) is 0 Å². The van der Waals surface area contributed by atoms with E-state index in [-0.39, 0.29) is 40.3 Å². The summed E-state index contributed by atoms with van der Waals surface area (Å²) in [5.41, 5.74) is 5.74. The number of amides is 2. The zero-order valence-corrected chi connectivity index (χ0v) is 16.2. The molecule has 0 aliphatic carbocycles. The van der Waals surface area contributed by atoms with Gasteiger partial charge in [0.2, 0.25) is 5.91 Å². The number of carbonyl (C=O) groups excluding carboxylic acids is 3. The predicted molar refractivity (Wildman–Crippen MR) is 100 cm³/mol. The fraction of sp³-hybridized carbons (Fsp3) is 0.375. The summed E-state index contributed by atoms with van der Waals surface area (Å²) in [5.74, 6) is -2.17. The van der Waals surface area contributed by atoms with Crippen molar-refractivity contribution >= 4 is 39.9 Å². The summed E-state index contributed by atoms with van der Waals surface area (Å²) in [4.78, 5) is 46.4. The van der Waals surface area contributed by atoms with Crippen molar-refractivity contribution in [1.29, 1.82) is 0 Å². The maximum atomic E-state index is 12.4. The summed E-state index contributed by atoms with van der Waals surface area (Å²) in [6.45, 7) is 5.00. The smallest absolute Gasteiger partial charge is 0.389 e. The largest absolute Gasteiger partial charge is 0.459 e. The lowest BCUT2D eigenvalue weighted by molar-refractivity contribution is -0.389. The van der Waals surface area contributed by atoms with Gasteiger partial charge in [0.1, 0.15) is 5.00 Å². The molecule has 2 amide bonds. The molecular weight excluding hydrogens is 390 g/mol. The van der Waals surface area contributed by atoms with Gasteiger partial charge >= 0.3 is 11.8 Å². The van der Waals surface area contributed by atoms with Crippen LogP contribution in [0.5, 0.6) is 0 Å². The molecule has 0 saturated heterocycles. The summed E-state index contributed by atoms with van der Waals surface area (Å²) in [5, 5.41) is 17.1. The normalized spacial score (nSPS) is 10.7. The first-order valence-electron chi connectivity index (χ1n) is 8.22. The van der Waals surface area contributed by atoms with Gasteiger partial charge in [0, 0.05) is 6.42 Å². The fourth-order valence-electron chi connectivity index (χ4n) is 2.33. The second kappa shape index (κ2) is 8.61. The molecule has 0 radical (unpaired) electrons. The Labute approximate surface area is 163 Å². The van der Waals surface area contributed by atoms with Crippen LogP contribution < -0.4 is 11.1 Å². The molecule has 0 fully saturated rings. The third-order valence-corrected chi connectivity index (χ3v) is 4.77. The Bertz CT molecular complexity index is 932. The Morgan fingerprint density at radius 1 is 1.43 bits per heavy atom. The van der Waals surface area contributed by atoms with Crippen LogP contribution in [-0.2, 0) is 16.1 Å². The molecule has 0 bridgehead atoms. The molecule has 0 atom stereocenters. The van der Waals surface area contributed by atoms with Gasteiger partial charge in [-0.2, -0.15) is 4.68 Å². The molecular formula is C16H19N5O6S. The number of hydrogen-bond acceptors (Lipinski definition) is 8. The molecule has 0 spiro atoms. The van der Waals surface area contributed by atoms with Crippen LogP contribution in [0.25, 0.3) is 0 Å². The SMILES string of the molecule is Cc1c(C(N)=O)sc(NC(=O)CCn2ccc([N+](=O)[O-])n2)c1C(=O)OC(C)C. The Kier molecular flexibility index (Phi) is 6.46. The molecule has 2 aromatic rings. The molecule has 3 N–H and O–H groups in total. The Balaban J connectivity index is 2.15. The van der Waals surface area contributed by atoms with Gasteiger partial charge in [-0.3, -0.25) is 9.59 Å². The average Bonchev–Trinajstić information content (AvgIpc) is 3.17. The highest BCUT2D eigenvalue weighted by atomic mass is 32.1. The van der Waals surface area contributed by atoms with Gasteiger partial charge in [0.15, 0.2) is 0 Å². The molecule has 0 saturated carbocycles. The second-order valence-corrected chi connectivity index (χ2v) is 7.09. The van der Waals surface area contributed by atoms with Crippen LogP contribution in [-0.4, -0.2) is 38.6 Å². The Hall–Kier alpha value is -3.28. The molecule has 150 valence electrons. The summed E-state index contributed by atoms with van der Waals surface area (Å²) in [6.07, 6.45) is 0.945. The van der Waals surface area contributed by atoms with Crippen molar-refractivity contribution in [3.63, 3.8) is 0 Å². The summed E-state index contributed by atoms with van der Waals surface area (Å²) < 4.78 is 6.44. The summed E-state index contributed by atoms with van der Waals surface area (Å²) >= 11 is 0.889. The third kappa shape index (κ3) is 4.91. The number of aromatic nitrogens is 2. The van der Waals surface area contributed by atoms with E-state index in [9.17, 15) is 24.5 Å². The van der Waals surface area contributed by atoms with Gasteiger partial charge in [-0.1, -0.05) is 0 Å². The summed E-state index contributed by atoms with van der Waals surface area (Å²) in [6, 6.07) is 1.22. The molecule has 2 aromatic heterocycles. The predicted octanol–water partition coefficient (Wildman–Crippen LogP) is 1.85. The number of carbonyl (C=O) groups is 3. The second-order valence-electron chi connectivity index (χ2n) is 6.07. The lowest BCUT2D eigenvalue weighted by Crippen LogP contribution is -2.18. The molecule has 2 rings (SSSR count). The standard InChI is InChI=1S/C16H19N5O6S/c1-8(2)27-16(24)12-9(3)13(14(17)23)28-15(12)18-11(22)5-7-20-6-4-10(19-20)21(25)26/h4,6,8H,5,7H2,1-3H3,(H2,17,23)(H,18,22). The van der Waals surface area contributed by atoms with Gasteiger partial charge in [-0.15, -0.1) is 11.3 Å². The number of anilines is 1. The maximum absolute atomic E-state index is 12.4. The van der Waals surface area contributed by atoms with Gasteiger partial charge < -0.3 is 25.9 Å². The minimum Gasteiger partial charge on any atom is -0.459 e. The van der Waals surface area contributed by atoms with Crippen LogP contribution in [0.15, 0.2) is 12.3 Å². The first-order valence-corrected chi connectivity index (χ1v) is 9.03. The number of nitrogens with zero attached hydrogens (tertiary/aromatic N) is 3. The lowest BCUT2D eigenvalue weighted by Gasteiger charge is -2.10. The van der Waals surface area contributed by atoms with Crippen molar-refractivity contribution in [3.05, 3.63) is 38.4 Å². The number of esters is 1. The minimum atomic E-state index is -0.717. The number of ether oxygens (including phenoxy) is 1. The van der Waals surface area contributed by atoms with E-state index in [1.165, 1.54) is 16.9 Å². The number of nitrogens with two attached hydrogens (primary N) is 1. The third-order valence-electron chi connectivity index (χ3n) is 3.55. The minimum absolute atomic E-state index is 0.0552. The summed E-state index contributed by atoms with van der Waals surface area (Å²) in [7, 11) is 0. The van der Waals surface area contributed by atoms with Crippen molar-refractivity contribution in [1.82, 2.24) is 9.78 Å². The van der Waals surface area contributed by atoms with Gasteiger partial charge in [-0.25, -0.2) is 4.79 Å². The number of rotatable bonds is 8. The van der Waals surface area contributed by atoms with E-state index in [0.717, 1.165) is 11.3 Å². The lowest BCUT2D eigenvalue weighted by atomic mass is 10.1. The molecule has 0 aromatic carbocycles. The first-order chi connectivity index (χ1) is 13.1. The van der Waals surface area contributed by atoms with E-state index >= 15 is 0 Å². The van der Waals surface area contributed by atoms with Gasteiger partial charge in [0.25, 0.3) is 5.91 Å². The average molecular weight is 409 g/mol. The number of thiophene rings is 1. The Morgan fingerprint density at radius 3 is 2.64 bits per heavy atom. The monoisotopic (exact) mass is 409 g/mol. The van der Waals surface area contributed by atoms with Crippen molar-refractivity contribution in [3.8, 4) is 0 Å². The first kappa shape index (κ1) is 21.0. The number of aryl methyl sites for hydroxylation is 1. The number of nitrogens with one attached hydrogen (secondary N) is 1. The zero-order valence-electron chi connectivity index (χ0n) is 15.4. The van der Waals surface area contributed by atoms with E-state index in [1.54, 1.807) is 20.8 Å². The molecule has 12 heteroatoms. The molecule has 28 heavy (non-hydrogen) atoms. The molecule has 11 nitrogen and oxygen atoms in total. The fourth-order valence-corrected chi connectivity index (χ4v) is 3.40. The molecule has 2 heterocycles. The number of primary amides is 1. The zero-order chi connectivity index (χ0) is 21.0. The topological polar surface area (TPSA) is 159 Å². The van der Waals surface area contributed by atoms with Gasteiger partial charge in [-0.05, 0) is 31.3 Å². The van der Waals surface area contributed by atoms with Crippen molar-refractivity contribution in [2.45, 2.75) is 39.8 Å². The van der Waals surface area contributed by atoms with E-state index in [4.69, 9.17) is 10.5 Å². The van der Waals surface area contributed by atoms with Crippen molar-refractivity contribution in [2.24, 2.45) is 5.73 Å². The van der Waals surface area contributed by atoms with Crippen LogP contribution >= 0.6 is 11.3 Å². The van der Waals surface area contributed by atoms with E-state index < -0.39 is 22.7 Å². The van der Waals surface area contributed by atoms with E-state index in [1.807, 2.05) is 0 Å². The highest BCUT2D eigenvalue weighted by Crippen LogP contribution is 2.33. The van der Waals surface area contributed by atoms with Crippen LogP contribution in [0.3, 0.4) is 0 Å². The quantitative estimate of drug-likeness (QED) is 0.382. The number of nitro groups is 1. The Morgan fingerprint density at radius 2 is 2.11 bits per heavy atom. The van der Waals surface area contributed by atoms with Crippen molar-refractivity contribution < 1.29 is 24.0 Å². The van der Waals surface area contributed by atoms with Crippen LogP contribution in [0.1, 0.15) is 45.9 Å². The van der Waals surface area contributed by atoms with E-state index in [0.29, 0.717) is 5.56 Å². The van der Waals surface area contributed by atoms with Crippen molar-refractivity contribution in [2.75, 3.05) is 5.32 Å². The van der Waals surface area contributed by atoms with Crippen LogP contribution in [0.4, 0.5) is 10.8 Å². The van der Waals surface area contributed by atoms with E-state index in [2.05, 4.69) is 10.4 Å². The highest BCUT2D eigenvalue weighted by molar-refractivity contribution is 7.18. The molecule has 0 aliphatic rings.